The SMILES string of the molecule is CC.CC1=NCCN1CCO.CN. The van der Waals surface area contributed by atoms with Gasteiger partial charge in [0.2, 0.25) is 0 Å². The van der Waals surface area contributed by atoms with E-state index < -0.39 is 0 Å². The zero-order valence-electron chi connectivity index (χ0n) is 9.25. The molecular weight excluding hydrogens is 166 g/mol. The van der Waals surface area contributed by atoms with Gasteiger partial charge in [-0.05, 0) is 14.0 Å². The summed E-state index contributed by atoms with van der Waals surface area (Å²) in [7, 11) is 1.50. The van der Waals surface area contributed by atoms with Crippen molar-refractivity contribution in [2.45, 2.75) is 20.8 Å². The van der Waals surface area contributed by atoms with E-state index in [4.69, 9.17) is 5.11 Å². The smallest absolute Gasteiger partial charge is 0.0959 e. The second-order valence-corrected chi connectivity index (χ2v) is 2.14. The topological polar surface area (TPSA) is 61.8 Å². The van der Waals surface area contributed by atoms with Gasteiger partial charge in [-0.25, -0.2) is 0 Å². The number of nitrogens with two attached hydrogens (primary N) is 1. The van der Waals surface area contributed by atoms with Crippen molar-refractivity contribution in [1.82, 2.24) is 4.90 Å². The highest BCUT2D eigenvalue weighted by molar-refractivity contribution is 5.81. The molecule has 0 unspecified atom stereocenters. The van der Waals surface area contributed by atoms with Gasteiger partial charge in [0.1, 0.15) is 0 Å². The molecule has 4 nitrogen and oxygen atoms in total. The van der Waals surface area contributed by atoms with Gasteiger partial charge in [0.05, 0.1) is 19.0 Å². The molecule has 0 amide bonds. The highest BCUT2D eigenvalue weighted by Gasteiger charge is 2.09. The van der Waals surface area contributed by atoms with E-state index in [0.29, 0.717) is 0 Å². The Morgan fingerprint density at radius 3 is 2.31 bits per heavy atom. The zero-order chi connectivity index (χ0) is 10.7. The van der Waals surface area contributed by atoms with E-state index in [2.05, 4.69) is 15.6 Å². The fourth-order valence-corrected chi connectivity index (χ4v) is 0.989. The van der Waals surface area contributed by atoms with Crippen molar-refractivity contribution in [3.63, 3.8) is 0 Å². The number of hydrogen-bond donors (Lipinski definition) is 2. The standard InChI is InChI=1S/C6H12N2O.C2H6.CH5N/c1-6-7-2-3-8(6)4-5-9;2*1-2/h9H,2-5H2,1H3;1-2H3;2H2,1H3. The van der Waals surface area contributed by atoms with Crippen molar-refractivity contribution in [2.75, 3.05) is 33.3 Å². The van der Waals surface area contributed by atoms with Crippen LogP contribution in [0.2, 0.25) is 0 Å². The molecule has 13 heavy (non-hydrogen) atoms. The first-order valence-corrected chi connectivity index (χ1v) is 4.79. The maximum atomic E-state index is 8.55. The highest BCUT2D eigenvalue weighted by atomic mass is 16.3. The minimum absolute atomic E-state index is 0.229. The number of aliphatic imine (C=N–C) groups is 1. The van der Waals surface area contributed by atoms with Crippen molar-refractivity contribution in [3.8, 4) is 0 Å². The largest absolute Gasteiger partial charge is 0.395 e. The second-order valence-electron chi connectivity index (χ2n) is 2.14. The summed E-state index contributed by atoms with van der Waals surface area (Å²) in [6.07, 6.45) is 0. The van der Waals surface area contributed by atoms with Gasteiger partial charge in [-0.3, -0.25) is 4.99 Å². The normalized spacial score (nSPS) is 13.7. The lowest BCUT2D eigenvalue weighted by Crippen LogP contribution is -2.28. The van der Waals surface area contributed by atoms with Crippen LogP contribution in [-0.2, 0) is 0 Å². The molecule has 0 aliphatic carbocycles. The number of amidine groups is 1. The molecule has 1 aliphatic rings. The first-order chi connectivity index (χ1) is 6.34. The molecule has 0 aromatic carbocycles. The first-order valence-electron chi connectivity index (χ1n) is 4.79. The van der Waals surface area contributed by atoms with Crippen LogP contribution in [0.4, 0.5) is 0 Å². The Labute approximate surface area is 81.5 Å². The van der Waals surface area contributed by atoms with Crippen molar-refractivity contribution >= 4 is 5.84 Å². The van der Waals surface area contributed by atoms with Crippen LogP contribution in [0.5, 0.6) is 0 Å². The summed E-state index contributed by atoms with van der Waals surface area (Å²) in [5, 5.41) is 8.55. The monoisotopic (exact) mass is 189 g/mol. The van der Waals surface area contributed by atoms with Crippen LogP contribution in [0.25, 0.3) is 0 Å². The van der Waals surface area contributed by atoms with Crippen molar-refractivity contribution in [1.29, 1.82) is 0 Å². The van der Waals surface area contributed by atoms with Crippen LogP contribution in [0.3, 0.4) is 0 Å². The van der Waals surface area contributed by atoms with Gasteiger partial charge in [0.15, 0.2) is 0 Å². The Balaban J connectivity index is 0. The number of hydrogen-bond acceptors (Lipinski definition) is 4. The lowest BCUT2D eigenvalue weighted by Gasteiger charge is -2.15. The number of rotatable bonds is 2. The van der Waals surface area contributed by atoms with E-state index in [0.717, 1.165) is 25.5 Å². The van der Waals surface area contributed by atoms with Gasteiger partial charge in [-0.1, -0.05) is 13.8 Å². The third-order valence-electron chi connectivity index (χ3n) is 1.54. The van der Waals surface area contributed by atoms with Gasteiger partial charge in [0, 0.05) is 13.1 Å². The molecule has 0 aromatic rings. The molecule has 0 saturated heterocycles. The maximum absolute atomic E-state index is 8.55. The molecule has 80 valence electrons. The average Bonchev–Trinajstić information content (AvgIpc) is 2.60. The van der Waals surface area contributed by atoms with Crippen LogP contribution in [0.15, 0.2) is 4.99 Å². The summed E-state index contributed by atoms with van der Waals surface area (Å²) < 4.78 is 0. The number of β-amino-alcohol motifs (C(OH)–C–C–N with tert-alkyl or cyclic N) is 1. The van der Waals surface area contributed by atoms with Crippen LogP contribution in [0, 0.1) is 0 Å². The molecule has 1 heterocycles. The van der Waals surface area contributed by atoms with Crippen LogP contribution >= 0.6 is 0 Å². The fourth-order valence-electron chi connectivity index (χ4n) is 0.989. The molecule has 0 fully saturated rings. The summed E-state index contributed by atoms with van der Waals surface area (Å²) >= 11 is 0. The molecule has 4 heteroatoms. The average molecular weight is 189 g/mol. The molecule has 1 aliphatic heterocycles. The van der Waals surface area contributed by atoms with E-state index in [-0.39, 0.29) is 6.61 Å². The molecule has 1 rings (SSSR count). The van der Waals surface area contributed by atoms with E-state index in [1.807, 2.05) is 20.8 Å². The molecule has 0 saturated carbocycles. The Bertz CT molecular complexity index is 126. The molecule has 0 spiro atoms. The summed E-state index contributed by atoms with van der Waals surface area (Å²) in [4.78, 5) is 6.25. The van der Waals surface area contributed by atoms with Crippen LogP contribution in [-0.4, -0.2) is 49.1 Å². The van der Waals surface area contributed by atoms with Crippen molar-refractivity contribution in [3.05, 3.63) is 0 Å². The molecule has 0 bridgehead atoms. The molecule has 0 atom stereocenters. The maximum Gasteiger partial charge on any atom is 0.0959 e. The molecule has 0 aromatic heterocycles. The lowest BCUT2D eigenvalue weighted by atomic mass is 10.5. The quantitative estimate of drug-likeness (QED) is 0.657. The van der Waals surface area contributed by atoms with E-state index in [1.165, 1.54) is 7.05 Å². The van der Waals surface area contributed by atoms with Gasteiger partial charge in [-0.2, -0.15) is 0 Å². The summed E-state index contributed by atoms with van der Waals surface area (Å²) in [6, 6.07) is 0. The molecule has 3 N–H and O–H groups in total. The second kappa shape index (κ2) is 11.4. The van der Waals surface area contributed by atoms with Crippen LogP contribution < -0.4 is 5.73 Å². The van der Waals surface area contributed by atoms with Crippen LogP contribution in [0.1, 0.15) is 20.8 Å². The predicted octanol–water partition coefficient (Wildman–Crippen LogP) is 0.314. The summed E-state index contributed by atoms with van der Waals surface area (Å²) in [5.41, 5.74) is 4.50. The van der Waals surface area contributed by atoms with Crippen molar-refractivity contribution in [2.24, 2.45) is 10.7 Å². The fraction of sp³-hybridized carbons (Fsp3) is 0.889. The van der Waals surface area contributed by atoms with Gasteiger partial charge < -0.3 is 15.7 Å². The first kappa shape index (κ1) is 14.9. The Kier molecular flexibility index (Phi) is 13.0. The third kappa shape index (κ3) is 6.54. The van der Waals surface area contributed by atoms with E-state index in [9.17, 15) is 0 Å². The number of nitrogens with zero attached hydrogens (tertiary/aromatic N) is 2. The third-order valence-corrected chi connectivity index (χ3v) is 1.54. The number of aliphatic hydroxyl groups excluding tert-OH is 1. The minimum Gasteiger partial charge on any atom is -0.395 e. The van der Waals surface area contributed by atoms with Crippen molar-refractivity contribution < 1.29 is 5.11 Å². The van der Waals surface area contributed by atoms with E-state index >= 15 is 0 Å². The predicted molar refractivity (Wildman–Crippen MR) is 58.1 cm³/mol. The Morgan fingerprint density at radius 1 is 1.46 bits per heavy atom. The summed E-state index contributed by atoms with van der Waals surface area (Å²) in [6.45, 7) is 8.81. The molecular formula is C9H23N3O. The lowest BCUT2D eigenvalue weighted by molar-refractivity contribution is 0.256. The Morgan fingerprint density at radius 2 is 2.00 bits per heavy atom. The van der Waals surface area contributed by atoms with Gasteiger partial charge >= 0.3 is 0 Å². The van der Waals surface area contributed by atoms with Gasteiger partial charge in [0.25, 0.3) is 0 Å². The van der Waals surface area contributed by atoms with Gasteiger partial charge in [-0.15, -0.1) is 0 Å². The molecule has 0 radical (unpaired) electrons. The number of aliphatic hydroxyl groups is 1. The highest BCUT2D eigenvalue weighted by Crippen LogP contribution is 1.98. The zero-order valence-corrected chi connectivity index (χ0v) is 9.25. The van der Waals surface area contributed by atoms with E-state index in [1.54, 1.807) is 0 Å². The Hall–Kier alpha value is -0.610. The summed E-state index contributed by atoms with van der Waals surface area (Å²) in [5.74, 6) is 1.06. The minimum atomic E-state index is 0.229.